The van der Waals surface area contributed by atoms with Crippen LogP contribution in [0.4, 0.5) is 0 Å². The van der Waals surface area contributed by atoms with Crippen LogP contribution < -0.4 is 10.6 Å². The molecular weight excluding hydrogens is 447 g/mol. The molecule has 1 amide bonds. The molecule has 2 atom stereocenters. The SMILES string of the molecule is CCC(=O)N1CCC(NC(=NC)NCC(C)Sc2ccccc2)C1.I. The molecule has 1 aromatic rings. The largest absolute Gasteiger partial charge is 0.355 e. The number of guanidine groups is 1. The predicted molar refractivity (Wildman–Crippen MR) is 117 cm³/mol. The number of benzene rings is 1. The zero-order valence-electron chi connectivity index (χ0n) is 15.2. The van der Waals surface area contributed by atoms with Gasteiger partial charge in [0.2, 0.25) is 5.91 Å². The van der Waals surface area contributed by atoms with Crippen LogP contribution in [0.1, 0.15) is 26.7 Å². The Morgan fingerprint density at radius 2 is 2.12 bits per heavy atom. The fraction of sp³-hybridized carbons (Fsp3) is 0.556. The van der Waals surface area contributed by atoms with Crippen molar-refractivity contribution in [1.82, 2.24) is 15.5 Å². The first-order valence-electron chi connectivity index (χ1n) is 8.59. The van der Waals surface area contributed by atoms with Gasteiger partial charge >= 0.3 is 0 Å². The molecule has 1 aliphatic heterocycles. The quantitative estimate of drug-likeness (QED) is 0.287. The van der Waals surface area contributed by atoms with Crippen LogP contribution in [-0.2, 0) is 4.79 Å². The molecule has 1 saturated heterocycles. The highest BCUT2D eigenvalue weighted by atomic mass is 127. The zero-order valence-corrected chi connectivity index (χ0v) is 18.3. The van der Waals surface area contributed by atoms with Gasteiger partial charge in [-0.15, -0.1) is 35.7 Å². The van der Waals surface area contributed by atoms with Gasteiger partial charge in [-0.05, 0) is 18.6 Å². The fourth-order valence-corrected chi connectivity index (χ4v) is 3.68. The number of hydrogen-bond acceptors (Lipinski definition) is 3. The average Bonchev–Trinajstić information content (AvgIpc) is 3.07. The molecule has 0 aliphatic carbocycles. The Labute approximate surface area is 172 Å². The number of amides is 1. The van der Waals surface area contributed by atoms with Gasteiger partial charge in [0.1, 0.15) is 0 Å². The number of aliphatic imine (C=N–C) groups is 1. The smallest absolute Gasteiger partial charge is 0.222 e. The third-order valence-corrected chi connectivity index (χ3v) is 5.16. The van der Waals surface area contributed by atoms with Gasteiger partial charge in [-0.1, -0.05) is 32.0 Å². The summed E-state index contributed by atoms with van der Waals surface area (Å²) in [5, 5.41) is 7.26. The van der Waals surface area contributed by atoms with E-state index in [1.165, 1.54) is 4.90 Å². The molecule has 2 unspecified atom stereocenters. The van der Waals surface area contributed by atoms with Crippen LogP contribution in [0.5, 0.6) is 0 Å². The van der Waals surface area contributed by atoms with Gasteiger partial charge in [-0.2, -0.15) is 0 Å². The summed E-state index contributed by atoms with van der Waals surface area (Å²) in [4.78, 5) is 19.3. The highest BCUT2D eigenvalue weighted by Crippen LogP contribution is 2.21. The molecule has 1 aliphatic rings. The van der Waals surface area contributed by atoms with Crippen molar-refractivity contribution in [2.75, 3.05) is 26.7 Å². The number of nitrogens with one attached hydrogen (secondary N) is 2. The minimum Gasteiger partial charge on any atom is -0.355 e. The number of carbonyl (C=O) groups is 1. The van der Waals surface area contributed by atoms with Gasteiger partial charge in [-0.3, -0.25) is 9.79 Å². The molecule has 25 heavy (non-hydrogen) atoms. The van der Waals surface area contributed by atoms with E-state index in [-0.39, 0.29) is 35.9 Å². The van der Waals surface area contributed by atoms with Crippen molar-refractivity contribution in [1.29, 1.82) is 0 Å². The molecule has 1 heterocycles. The maximum absolute atomic E-state index is 11.8. The lowest BCUT2D eigenvalue weighted by Crippen LogP contribution is -2.46. The van der Waals surface area contributed by atoms with Crippen LogP contribution in [-0.4, -0.2) is 54.7 Å². The molecule has 0 aromatic heterocycles. The summed E-state index contributed by atoms with van der Waals surface area (Å²) in [7, 11) is 1.79. The molecule has 0 spiro atoms. The summed E-state index contributed by atoms with van der Waals surface area (Å²) in [5.41, 5.74) is 0. The number of halogens is 1. The van der Waals surface area contributed by atoms with Crippen molar-refractivity contribution in [2.45, 2.75) is 42.9 Å². The second-order valence-electron chi connectivity index (χ2n) is 6.02. The molecule has 2 rings (SSSR count). The van der Waals surface area contributed by atoms with Crippen molar-refractivity contribution in [3.63, 3.8) is 0 Å². The number of hydrogen-bond donors (Lipinski definition) is 2. The van der Waals surface area contributed by atoms with E-state index in [1.807, 2.05) is 29.7 Å². The Kier molecular flexibility index (Phi) is 10.3. The minimum atomic E-state index is 0. The monoisotopic (exact) mass is 476 g/mol. The Morgan fingerprint density at radius 1 is 1.40 bits per heavy atom. The number of rotatable bonds is 6. The van der Waals surface area contributed by atoms with E-state index in [0.717, 1.165) is 32.0 Å². The number of likely N-dealkylation sites (tertiary alicyclic amines) is 1. The second kappa shape index (κ2) is 11.6. The number of thioether (sulfide) groups is 1. The summed E-state index contributed by atoms with van der Waals surface area (Å²) < 4.78 is 0. The molecular formula is C18H29IN4OS. The normalized spacial score (nSPS) is 18.4. The lowest BCUT2D eigenvalue weighted by Gasteiger charge is -2.20. The van der Waals surface area contributed by atoms with E-state index in [9.17, 15) is 4.79 Å². The summed E-state index contributed by atoms with van der Waals surface area (Å²) in [6.07, 6.45) is 1.55. The van der Waals surface area contributed by atoms with Crippen LogP contribution in [0.25, 0.3) is 0 Å². The topological polar surface area (TPSA) is 56.7 Å². The molecule has 0 bridgehead atoms. The van der Waals surface area contributed by atoms with Crippen LogP contribution in [0.15, 0.2) is 40.2 Å². The Hall–Kier alpha value is -0.960. The van der Waals surface area contributed by atoms with Crippen LogP contribution in [0.2, 0.25) is 0 Å². The summed E-state index contributed by atoms with van der Waals surface area (Å²) in [6.45, 7) is 6.55. The van der Waals surface area contributed by atoms with E-state index in [4.69, 9.17) is 0 Å². The van der Waals surface area contributed by atoms with Gasteiger partial charge < -0.3 is 15.5 Å². The summed E-state index contributed by atoms with van der Waals surface area (Å²) in [6, 6.07) is 10.7. The molecule has 140 valence electrons. The Bertz CT molecular complexity index is 555. The first-order valence-corrected chi connectivity index (χ1v) is 9.47. The van der Waals surface area contributed by atoms with Crippen molar-refractivity contribution >= 4 is 47.6 Å². The lowest BCUT2D eigenvalue weighted by atomic mass is 10.3. The zero-order chi connectivity index (χ0) is 17.4. The number of carbonyl (C=O) groups excluding carboxylic acids is 1. The van der Waals surface area contributed by atoms with E-state index < -0.39 is 0 Å². The minimum absolute atomic E-state index is 0. The summed E-state index contributed by atoms with van der Waals surface area (Å²) in [5.74, 6) is 1.04. The second-order valence-corrected chi connectivity index (χ2v) is 7.53. The Balaban J connectivity index is 0.00000312. The van der Waals surface area contributed by atoms with E-state index in [1.54, 1.807) is 7.05 Å². The predicted octanol–water partition coefficient (Wildman–Crippen LogP) is 2.96. The van der Waals surface area contributed by atoms with Gasteiger partial charge in [0.05, 0.1) is 0 Å². The van der Waals surface area contributed by atoms with E-state index in [2.05, 4.69) is 46.8 Å². The molecule has 2 N–H and O–H groups in total. The maximum Gasteiger partial charge on any atom is 0.222 e. The standard InChI is InChI=1S/C18H28N4OS.HI/c1-4-17(23)22-11-10-15(13-22)21-18(19-3)20-12-14(2)24-16-8-6-5-7-9-16;/h5-9,14-15H,4,10-13H2,1-3H3,(H2,19,20,21);1H. The van der Waals surface area contributed by atoms with Crippen molar-refractivity contribution < 1.29 is 4.79 Å². The molecule has 1 aromatic carbocycles. The molecule has 7 heteroatoms. The number of nitrogens with zero attached hydrogens (tertiary/aromatic N) is 2. The highest BCUT2D eigenvalue weighted by Gasteiger charge is 2.25. The molecule has 0 saturated carbocycles. The van der Waals surface area contributed by atoms with Crippen LogP contribution >= 0.6 is 35.7 Å². The average molecular weight is 476 g/mol. The molecule has 1 fully saturated rings. The van der Waals surface area contributed by atoms with Gasteiger partial charge in [0.15, 0.2) is 5.96 Å². The maximum atomic E-state index is 11.8. The first-order chi connectivity index (χ1) is 11.6. The van der Waals surface area contributed by atoms with Gasteiger partial charge in [0, 0.05) is 49.3 Å². The van der Waals surface area contributed by atoms with Gasteiger partial charge in [-0.25, -0.2) is 0 Å². The molecule has 0 radical (unpaired) electrons. The lowest BCUT2D eigenvalue weighted by molar-refractivity contribution is -0.129. The molecule has 5 nitrogen and oxygen atoms in total. The van der Waals surface area contributed by atoms with Crippen molar-refractivity contribution in [2.24, 2.45) is 4.99 Å². The highest BCUT2D eigenvalue weighted by molar-refractivity contribution is 14.0. The Morgan fingerprint density at radius 3 is 2.76 bits per heavy atom. The van der Waals surface area contributed by atoms with Crippen LogP contribution in [0, 0.1) is 0 Å². The van der Waals surface area contributed by atoms with Gasteiger partial charge in [0.25, 0.3) is 0 Å². The first kappa shape index (κ1) is 22.1. The van der Waals surface area contributed by atoms with Crippen LogP contribution in [0.3, 0.4) is 0 Å². The van der Waals surface area contributed by atoms with E-state index >= 15 is 0 Å². The summed E-state index contributed by atoms with van der Waals surface area (Å²) >= 11 is 1.85. The van der Waals surface area contributed by atoms with E-state index in [0.29, 0.717) is 11.7 Å². The van der Waals surface area contributed by atoms with Crippen molar-refractivity contribution in [3.05, 3.63) is 30.3 Å². The fourth-order valence-electron chi connectivity index (χ4n) is 2.73. The van der Waals surface area contributed by atoms with Crippen molar-refractivity contribution in [3.8, 4) is 0 Å². The third kappa shape index (κ3) is 7.43. The third-order valence-electron chi connectivity index (χ3n) is 4.05.